The molecule has 2 aromatic carbocycles. The van der Waals surface area contributed by atoms with E-state index in [1.54, 1.807) is 0 Å². The van der Waals surface area contributed by atoms with Crippen molar-refractivity contribution in [3.8, 4) is 0 Å². The minimum atomic E-state index is 0.546. The SMILES string of the molecule is C=CCCC(Cc1ccc2ccccc2c1)NCC. The number of hydrogen-bond acceptors (Lipinski definition) is 1. The molecule has 0 aliphatic heterocycles. The van der Waals surface area contributed by atoms with Crippen LogP contribution in [0.25, 0.3) is 10.8 Å². The molecule has 0 radical (unpaired) electrons. The summed E-state index contributed by atoms with van der Waals surface area (Å²) in [6.45, 7) is 7.00. The van der Waals surface area contributed by atoms with Crippen LogP contribution in [0.1, 0.15) is 25.3 Å². The highest BCUT2D eigenvalue weighted by Crippen LogP contribution is 2.17. The van der Waals surface area contributed by atoms with E-state index in [1.807, 2.05) is 6.08 Å². The molecule has 0 aliphatic rings. The zero-order valence-electron chi connectivity index (χ0n) is 11.7. The number of hydrogen-bond donors (Lipinski definition) is 1. The second-order valence-electron chi connectivity index (χ2n) is 5.01. The molecule has 0 amide bonds. The number of likely N-dealkylation sites (N-methyl/N-ethyl adjacent to an activating group) is 1. The molecule has 1 nitrogen and oxygen atoms in total. The van der Waals surface area contributed by atoms with Crippen molar-refractivity contribution >= 4 is 10.8 Å². The molecule has 0 fully saturated rings. The Hall–Kier alpha value is -1.60. The molecule has 1 unspecified atom stereocenters. The van der Waals surface area contributed by atoms with Gasteiger partial charge in [-0.3, -0.25) is 0 Å². The first-order valence-corrected chi connectivity index (χ1v) is 7.15. The molecule has 19 heavy (non-hydrogen) atoms. The van der Waals surface area contributed by atoms with Crippen molar-refractivity contribution in [3.05, 3.63) is 60.7 Å². The quantitative estimate of drug-likeness (QED) is 0.724. The Morgan fingerprint density at radius 2 is 1.95 bits per heavy atom. The first-order valence-electron chi connectivity index (χ1n) is 7.15. The van der Waals surface area contributed by atoms with Gasteiger partial charge >= 0.3 is 0 Å². The third kappa shape index (κ3) is 3.93. The summed E-state index contributed by atoms with van der Waals surface area (Å²) in [5, 5.41) is 6.22. The van der Waals surface area contributed by atoms with Crippen molar-refractivity contribution in [1.29, 1.82) is 0 Å². The molecule has 2 aromatic rings. The molecule has 2 rings (SSSR count). The summed E-state index contributed by atoms with van der Waals surface area (Å²) in [6.07, 6.45) is 5.33. The largest absolute Gasteiger partial charge is 0.314 e. The second-order valence-corrected chi connectivity index (χ2v) is 5.01. The van der Waals surface area contributed by atoms with E-state index in [2.05, 4.69) is 61.3 Å². The summed E-state index contributed by atoms with van der Waals surface area (Å²) in [5.41, 5.74) is 1.41. The van der Waals surface area contributed by atoms with Crippen LogP contribution >= 0.6 is 0 Å². The van der Waals surface area contributed by atoms with Crippen LogP contribution in [0.4, 0.5) is 0 Å². The second kappa shape index (κ2) is 7.10. The zero-order chi connectivity index (χ0) is 13.5. The van der Waals surface area contributed by atoms with Crippen molar-refractivity contribution < 1.29 is 0 Å². The maximum atomic E-state index is 3.81. The third-order valence-corrected chi connectivity index (χ3v) is 3.51. The standard InChI is InChI=1S/C18H23N/c1-3-5-10-18(19-4-2)14-15-11-12-16-8-6-7-9-17(16)13-15/h3,6-9,11-13,18-19H,1,4-5,10,14H2,2H3. The fraction of sp³-hybridized carbons (Fsp3) is 0.333. The van der Waals surface area contributed by atoms with Gasteiger partial charge in [-0.1, -0.05) is 55.5 Å². The van der Waals surface area contributed by atoms with E-state index in [1.165, 1.54) is 16.3 Å². The Morgan fingerprint density at radius 1 is 1.16 bits per heavy atom. The van der Waals surface area contributed by atoms with Gasteiger partial charge in [0.1, 0.15) is 0 Å². The van der Waals surface area contributed by atoms with Gasteiger partial charge in [0.2, 0.25) is 0 Å². The maximum absolute atomic E-state index is 3.81. The van der Waals surface area contributed by atoms with Crippen LogP contribution < -0.4 is 5.32 Å². The van der Waals surface area contributed by atoms with Crippen LogP contribution in [0.15, 0.2) is 55.1 Å². The zero-order valence-corrected chi connectivity index (χ0v) is 11.7. The summed E-state index contributed by atoms with van der Waals surface area (Å²) in [4.78, 5) is 0. The van der Waals surface area contributed by atoms with Crippen LogP contribution in [-0.4, -0.2) is 12.6 Å². The van der Waals surface area contributed by atoms with Gasteiger partial charge in [-0.05, 0) is 42.1 Å². The fourth-order valence-electron chi connectivity index (χ4n) is 2.53. The minimum Gasteiger partial charge on any atom is -0.314 e. The average Bonchev–Trinajstić information content (AvgIpc) is 2.45. The van der Waals surface area contributed by atoms with Gasteiger partial charge in [-0.2, -0.15) is 0 Å². The van der Waals surface area contributed by atoms with E-state index in [4.69, 9.17) is 0 Å². The predicted molar refractivity (Wildman–Crippen MR) is 84.5 cm³/mol. The van der Waals surface area contributed by atoms with E-state index in [9.17, 15) is 0 Å². The first-order chi connectivity index (χ1) is 9.33. The van der Waals surface area contributed by atoms with Crippen molar-refractivity contribution in [2.24, 2.45) is 0 Å². The normalized spacial score (nSPS) is 12.5. The molecule has 0 saturated heterocycles. The highest BCUT2D eigenvalue weighted by atomic mass is 14.9. The fourth-order valence-corrected chi connectivity index (χ4v) is 2.53. The monoisotopic (exact) mass is 253 g/mol. The lowest BCUT2D eigenvalue weighted by Crippen LogP contribution is -2.30. The number of benzene rings is 2. The van der Waals surface area contributed by atoms with Crippen molar-refractivity contribution in [3.63, 3.8) is 0 Å². The van der Waals surface area contributed by atoms with Gasteiger partial charge in [0, 0.05) is 6.04 Å². The minimum absolute atomic E-state index is 0.546. The van der Waals surface area contributed by atoms with Crippen molar-refractivity contribution in [2.45, 2.75) is 32.2 Å². The van der Waals surface area contributed by atoms with E-state index in [0.717, 1.165) is 25.8 Å². The summed E-state index contributed by atoms with van der Waals surface area (Å²) in [7, 11) is 0. The third-order valence-electron chi connectivity index (χ3n) is 3.51. The molecule has 100 valence electrons. The predicted octanol–water partition coefficient (Wildman–Crippen LogP) is 4.33. The lowest BCUT2D eigenvalue weighted by Gasteiger charge is -2.17. The molecular weight excluding hydrogens is 230 g/mol. The van der Waals surface area contributed by atoms with Crippen LogP contribution in [0, 0.1) is 0 Å². The summed E-state index contributed by atoms with van der Waals surface area (Å²) in [6, 6.07) is 15.9. The highest BCUT2D eigenvalue weighted by Gasteiger charge is 2.07. The van der Waals surface area contributed by atoms with E-state index >= 15 is 0 Å². The van der Waals surface area contributed by atoms with Gasteiger partial charge in [0.15, 0.2) is 0 Å². The number of fused-ring (bicyclic) bond motifs is 1. The Bertz CT molecular complexity index is 530. The Labute approximate surface area is 116 Å². The molecule has 1 heteroatoms. The molecule has 1 N–H and O–H groups in total. The van der Waals surface area contributed by atoms with Crippen molar-refractivity contribution in [2.75, 3.05) is 6.54 Å². The summed E-state index contributed by atoms with van der Waals surface area (Å²) in [5.74, 6) is 0. The number of allylic oxidation sites excluding steroid dienone is 1. The van der Waals surface area contributed by atoms with Crippen molar-refractivity contribution in [1.82, 2.24) is 5.32 Å². The van der Waals surface area contributed by atoms with Crippen LogP contribution in [-0.2, 0) is 6.42 Å². The number of rotatable bonds is 7. The van der Waals surface area contributed by atoms with Gasteiger partial charge < -0.3 is 5.32 Å². The Morgan fingerprint density at radius 3 is 2.68 bits per heavy atom. The molecule has 0 aromatic heterocycles. The van der Waals surface area contributed by atoms with Gasteiger partial charge in [0.05, 0.1) is 0 Å². The summed E-state index contributed by atoms with van der Waals surface area (Å²) >= 11 is 0. The molecule has 0 spiro atoms. The molecule has 0 aliphatic carbocycles. The van der Waals surface area contributed by atoms with Crippen LogP contribution in [0.5, 0.6) is 0 Å². The topological polar surface area (TPSA) is 12.0 Å². The highest BCUT2D eigenvalue weighted by molar-refractivity contribution is 5.82. The molecule has 0 heterocycles. The van der Waals surface area contributed by atoms with Crippen LogP contribution in [0.3, 0.4) is 0 Å². The smallest absolute Gasteiger partial charge is 0.0110 e. The van der Waals surface area contributed by atoms with E-state index < -0.39 is 0 Å². The lowest BCUT2D eigenvalue weighted by molar-refractivity contribution is 0.495. The maximum Gasteiger partial charge on any atom is 0.0110 e. The molecule has 1 atom stereocenters. The van der Waals surface area contributed by atoms with E-state index in [-0.39, 0.29) is 0 Å². The summed E-state index contributed by atoms with van der Waals surface area (Å²) < 4.78 is 0. The lowest BCUT2D eigenvalue weighted by atomic mass is 9.99. The van der Waals surface area contributed by atoms with Crippen LogP contribution in [0.2, 0.25) is 0 Å². The Balaban J connectivity index is 2.11. The van der Waals surface area contributed by atoms with E-state index in [0.29, 0.717) is 6.04 Å². The van der Waals surface area contributed by atoms with Gasteiger partial charge in [0.25, 0.3) is 0 Å². The van der Waals surface area contributed by atoms with Gasteiger partial charge in [-0.15, -0.1) is 6.58 Å². The number of nitrogens with one attached hydrogen (secondary N) is 1. The molecule has 0 bridgehead atoms. The molecular formula is C18H23N. The van der Waals surface area contributed by atoms with Gasteiger partial charge in [-0.25, -0.2) is 0 Å². The molecule has 0 saturated carbocycles. The average molecular weight is 253 g/mol. The Kier molecular flexibility index (Phi) is 5.17. The first kappa shape index (κ1) is 13.8.